The van der Waals surface area contributed by atoms with E-state index in [4.69, 9.17) is 0 Å². The van der Waals surface area contributed by atoms with Crippen LogP contribution in [0.3, 0.4) is 0 Å². The van der Waals surface area contributed by atoms with Gasteiger partial charge >= 0.3 is 0 Å². The number of rotatable bonds is 3. The SMILES string of the molecule is O=C(c1cc(F)c(F)c(F)c1)N1C2CCC1CC(O)(Cc1ccc(F)cc1F)C2. The average Bonchev–Trinajstić information content (AvgIpc) is 2.93. The number of nitrogens with zero attached hydrogens (tertiary/aromatic N) is 1. The molecule has 2 aliphatic heterocycles. The monoisotopic (exact) mass is 411 g/mol. The van der Waals surface area contributed by atoms with Crippen LogP contribution in [0, 0.1) is 29.1 Å². The number of piperidine rings is 1. The topological polar surface area (TPSA) is 40.5 Å². The van der Waals surface area contributed by atoms with E-state index in [1.54, 1.807) is 0 Å². The normalized spacial score (nSPS) is 26.1. The van der Waals surface area contributed by atoms with Crippen molar-refractivity contribution < 1.29 is 31.9 Å². The van der Waals surface area contributed by atoms with Crippen LogP contribution in [0.1, 0.15) is 41.6 Å². The lowest BCUT2D eigenvalue weighted by Crippen LogP contribution is -2.54. The van der Waals surface area contributed by atoms with E-state index in [0.717, 1.165) is 12.1 Å². The quantitative estimate of drug-likeness (QED) is 0.610. The molecule has 3 nitrogen and oxygen atoms in total. The van der Waals surface area contributed by atoms with E-state index in [0.29, 0.717) is 25.0 Å². The van der Waals surface area contributed by atoms with E-state index < -0.39 is 52.7 Å². The summed E-state index contributed by atoms with van der Waals surface area (Å²) in [6, 6.07) is 3.68. The molecule has 0 saturated carbocycles. The van der Waals surface area contributed by atoms with Gasteiger partial charge in [-0.05, 0) is 49.4 Å². The van der Waals surface area contributed by atoms with E-state index in [2.05, 4.69) is 0 Å². The van der Waals surface area contributed by atoms with Gasteiger partial charge in [0.2, 0.25) is 0 Å². The molecule has 0 aliphatic carbocycles. The van der Waals surface area contributed by atoms with Crippen LogP contribution in [0.2, 0.25) is 0 Å². The van der Waals surface area contributed by atoms with Crippen molar-refractivity contribution in [1.29, 1.82) is 0 Å². The van der Waals surface area contributed by atoms with Crippen molar-refractivity contribution >= 4 is 5.91 Å². The first-order valence-electron chi connectivity index (χ1n) is 9.30. The Bertz CT molecular complexity index is 943. The zero-order valence-corrected chi connectivity index (χ0v) is 15.3. The summed E-state index contributed by atoms with van der Waals surface area (Å²) in [4.78, 5) is 14.3. The number of hydrogen-bond donors (Lipinski definition) is 1. The molecule has 29 heavy (non-hydrogen) atoms. The van der Waals surface area contributed by atoms with E-state index in [1.165, 1.54) is 11.0 Å². The van der Waals surface area contributed by atoms with E-state index in [9.17, 15) is 31.9 Å². The molecule has 0 spiro atoms. The molecule has 1 amide bonds. The van der Waals surface area contributed by atoms with Crippen molar-refractivity contribution in [2.24, 2.45) is 0 Å². The first-order chi connectivity index (χ1) is 13.7. The fourth-order valence-electron chi connectivity index (χ4n) is 4.65. The van der Waals surface area contributed by atoms with Gasteiger partial charge in [-0.1, -0.05) is 6.07 Å². The summed E-state index contributed by atoms with van der Waals surface area (Å²) in [6.07, 6.45) is 1.43. The molecule has 2 aliphatic rings. The Morgan fingerprint density at radius 2 is 1.55 bits per heavy atom. The summed E-state index contributed by atoms with van der Waals surface area (Å²) in [5.41, 5.74) is -1.41. The lowest BCUT2D eigenvalue weighted by molar-refractivity contribution is -0.0432. The van der Waals surface area contributed by atoms with Gasteiger partial charge in [0.15, 0.2) is 17.5 Å². The predicted molar refractivity (Wildman–Crippen MR) is 93.5 cm³/mol. The molecule has 2 saturated heterocycles. The van der Waals surface area contributed by atoms with Gasteiger partial charge in [0.25, 0.3) is 5.91 Å². The molecule has 0 radical (unpaired) electrons. The van der Waals surface area contributed by atoms with Gasteiger partial charge in [-0.15, -0.1) is 0 Å². The summed E-state index contributed by atoms with van der Waals surface area (Å²) in [7, 11) is 0. The molecule has 154 valence electrons. The van der Waals surface area contributed by atoms with Gasteiger partial charge in [-0.2, -0.15) is 0 Å². The number of carbonyl (C=O) groups excluding carboxylic acids is 1. The third kappa shape index (κ3) is 3.61. The number of halogens is 5. The fourth-order valence-corrected chi connectivity index (χ4v) is 4.65. The molecule has 2 unspecified atom stereocenters. The number of amides is 1. The highest BCUT2D eigenvalue weighted by Crippen LogP contribution is 2.43. The van der Waals surface area contributed by atoms with E-state index in [1.807, 2.05) is 0 Å². The van der Waals surface area contributed by atoms with Crippen molar-refractivity contribution in [3.8, 4) is 0 Å². The third-order valence-electron chi connectivity index (χ3n) is 5.85. The van der Waals surface area contributed by atoms with Gasteiger partial charge in [0, 0.05) is 30.1 Å². The number of aliphatic hydroxyl groups is 1. The maximum absolute atomic E-state index is 14.0. The lowest BCUT2D eigenvalue weighted by Gasteiger charge is -2.44. The molecule has 2 aromatic carbocycles. The fraction of sp³-hybridized carbons (Fsp3) is 0.381. The highest BCUT2D eigenvalue weighted by molar-refractivity contribution is 5.95. The number of fused-ring (bicyclic) bond motifs is 2. The molecule has 2 bridgehead atoms. The van der Waals surface area contributed by atoms with Crippen LogP contribution >= 0.6 is 0 Å². The standard InChI is InChI=1S/C21H18F5NO2/c22-13-2-1-11(16(23)7-13)8-21(29)9-14-3-4-15(10-21)27(14)20(28)12-5-17(24)19(26)18(25)6-12/h1-2,5-7,14-15,29H,3-4,8-10H2. The predicted octanol–water partition coefficient (Wildman–Crippen LogP) is 4.12. The Balaban J connectivity index is 1.55. The van der Waals surface area contributed by atoms with Crippen molar-refractivity contribution in [1.82, 2.24) is 4.90 Å². The van der Waals surface area contributed by atoms with Crippen LogP contribution in [0.4, 0.5) is 22.0 Å². The number of benzene rings is 2. The summed E-state index contributed by atoms with van der Waals surface area (Å²) >= 11 is 0. The zero-order valence-electron chi connectivity index (χ0n) is 15.3. The smallest absolute Gasteiger partial charge is 0.254 e. The minimum Gasteiger partial charge on any atom is -0.389 e. The molecular weight excluding hydrogens is 393 g/mol. The first-order valence-corrected chi connectivity index (χ1v) is 9.30. The highest BCUT2D eigenvalue weighted by atomic mass is 19.2. The maximum Gasteiger partial charge on any atom is 0.254 e. The minimum atomic E-state index is -1.64. The van der Waals surface area contributed by atoms with Crippen molar-refractivity contribution in [2.45, 2.75) is 49.8 Å². The summed E-state index contributed by atoms with van der Waals surface area (Å²) < 4.78 is 67.3. The van der Waals surface area contributed by atoms with Crippen LogP contribution < -0.4 is 0 Å². The van der Waals surface area contributed by atoms with Gasteiger partial charge in [-0.3, -0.25) is 4.79 Å². The van der Waals surface area contributed by atoms with Gasteiger partial charge in [0.1, 0.15) is 11.6 Å². The molecule has 2 atom stereocenters. The van der Waals surface area contributed by atoms with E-state index in [-0.39, 0.29) is 30.4 Å². The molecule has 0 aromatic heterocycles. The first kappa shape index (κ1) is 19.8. The van der Waals surface area contributed by atoms with Crippen molar-refractivity contribution in [2.75, 3.05) is 0 Å². The summed E-state index contributed by atoms with van der Waals surface area (Å²) in [6.45, 7) is 0. The Morgan fingerprint density at radius 3 is 2.10 bits per heavy atom. The van der Waals surface area contributed by atoms with Crippen LogP contribution in [-0.2, 0) is 6.42 Å². The Labute approximate surface area is 163 Å². The molecule has 4 rings (SSSR count). The van der Waals surface area contributed by atoms with Gasteiger partial charge < -0.3 is 10.0 Å². The lowest BCUT2D eigenvalue weighted by atomic mass is 9.81. The van der Waals surface area contributed by atoms with Crippen LogP contribution in [-0.4, -0.2) is 33.6 Å². The summed E-state index contributed by atoms with van der Waals surface area (Å²) in [5.74, 6) is -6.62. The highest BCUT2D eigenvalue weighted by Gasteiger charge is 2.49. The third-order valence-corrected chi connectivity index (χ3v) is 5.85. The largest absolute Gasteiger partial charge is 0.389 e. The van der Waals surface area contributed by atoms with Crippen LogP contribution in [0.25, 0.3) is 0 Å². The van der Waals surface area contributed by atoms with Gasteiger partial charge in [-0.25, -0.2) is 22.0 Å². The zero-order chi connectivity index (χ0) is 20.9. The average molecular weight is 411 g/mol. The molecule has 2 fully saturated rings. The van der Waals surface area contributed by atoms with Crippen molar-refractivity contribution in [3.63, 3.8) is 0 Å². The van der Waals surface area contributed by atoms with E-state index >= 15 is 0 Å². The second-order valence-electron chi connectivity index (χ2n) is 7.90. The molecule has 8 heteroatoms. The molecule has 1 N–H and O–H groups in total. The van der Waals surface area contributed by atoms with Crippen molar-refractivity contribution in [3.05, 3.63) is 70.5 Å². The second kappa shape index (κ2) is 7.09. The minimum absolute atomic E-state index is 0.0338. The second-order valence-corrected chi connectivity index (χ2v) is 7.90. The Morgan fingerprint density at radius 1 is 0.966 bits per heavy atom. The number of hydrogen-bond acceptors (Lipinski definition) is 2. The Kier molecular flexibility index (Phi) is 4.85. The number of carbonyl (C=O) groups is 1. The molecular formula is C21H18F5NO2. The molecule has 2 aromatic rings. The maximum atomic E-state index is 14.0. The van der Waals surface area contributed by atoms with Crippen LogP contribution in [0.15, 0.2) is 30.3 Å². The van der Waals surface area contributed by atoms with Crippen LogP contribution in [0.5, 0.6) is 0 Å². The summed E-state index contributed by atoms with van der Waals surface area (Å²) in [5, 5.41) is 11.0. The molecule has 2 heterocycles. The Hall–Kier alpha value is -2.48. The van der Waals surface area contributed by atoms with Gasteiger partial charge in [0.05, 0.1) is 5.60 Å².